The summed E-state index contributed by atoms with van der Waals surface area (Å²) in [6, 6.07) is 4.51. The van der Waals surface area contributed by atoms with Crippen molar-refractivity contribution in [3.63, 3.8) is 0 Å². The Morgan fingerprint density at radius 1 is 1.38 bits per heavy atom. The number of pyridine rings is 1. The van der Waals surface area contributed by atoms with Crippen molar-refractivity contribution in [1.29, 1.82) is 0 Å². The minimum Gasteiger partial charge on any atom is -0.364 e. The van der Waals surface area contributed by atoms with Crippen LogP contribution in [0.15, 0.2) is 18.2 Å². The molecule has 1 aromatic rings. The van der Waals surface area contributed by atoms with Gasteiger partial charge < -0.3 is 11.1 Å². The number of hydrogen-bond donors (Lipinski definition) is 2. The van der Waals surface area contributed by atoms with Gasteiger partial charge in [0.05, 0.1) is 0 Å². The topological polar surface area (TPSA) is 85.1 Å². The van der Waals surface area contributed by atoms with Gasteiger partial charge in [0.1, 0.15) is 11.4 Å². The summed E-state index contributed by atoms with van der Waals surface area (Å²) in [4.78, 5) is 25.5. The molecule has 0 radical (unpaired) electrons. The first-order valence-corrected chi connectivity index (χ1v) is 3.64. The maximum atomic E-state index is 11.1. The normalized spacial score (nSPS) is 9.31. The number of aromatic nitrogens is 1. The SMILES string of the molecule is CNC(=O)c1cccc(C(N)=O)n1. The van der Waals surface area contributed by atoms with Crippen molar-refractivity contribution in [2.75, 3.05) is 7.05 Å². The number of carbonyl (C=O) groups excluding carboxylic acids is 2. The number of rotatable bonds is 2. The minimum absolute atomic E-state index is 0.0844. The van der Waals surface area contributed by atoms with Crippen LogP contribution in [0.2, 0.25) is 0 Å². The van der Waals surface area contributed by atoms with Crippen LogP contribution in [0.3, 0.4) is 0 Å². The summed E-state index contributed by atoms with van der Waals surface area (Å²) in [6.07, 6.45) is 0. The van der Waals surface area contributed by atoms with Crippen molar-refractivity contribution in [2.45, 2.75) is 0 Å². The Labute approximate surface area is 75.0 Å². The molecular weight excluding hydrogens is 170 g/mol. The molecule has 1 heterocycles. The zero-order valence-corrected chi connectivity index (χ0v) is 7.07. The summed E-state index contributed by atoms with van der Waals surface area (Å²) in [7, 11) is 1.49. The number of amides is 2. The molecule has 1 rings (SSSR count). The van der Waals surface area contributed by atoms with Crippen LogP contribution in [0.4, 0.5) is 0 Å². The Morgan fingerprint density at radius 3 is 2.54 bits per heavy atom. The van der Waals surface area contributed by atoms with E-state index in [4.69, 9.17) is 5.73 Å². The number of nitrogens with zero attached hydrogens (tertiary/aromatic N) is 1. The molecule has 0 saturated carbocycles. The van der Waals surface area contributed by atoms with Crippen molar-refractivity contribution in [1.82, 2.24) is 10.3 Å². The van der Waals surface area contributed by atoms with Gasteiger partial charge >= 0.3 is 0 Å². The maximum absolute atomic E-state index is 11.1. The highest BCUT2D eigenvalue weighted by Gasteiger charge is 2.07. The van der Waals surface area contributed by atoms with E-state index < -0.39 is 5.91 Å². The van der Waals surface area contributed by atoms with Gasteiger partial charge in [-0.1, -0.05) is 6.07 Å². The molecule has 13 heavy (non-hydrogen) atoms. The van der Waals surface area contributed by atoms with Gasteiger partial charge in [-0.2, -0.15) is 0 Å². The Hall–Kier alpha value is -1.91. The second-order valence-corrected chi connectivity index (χ2v) is 2.35. The molecule has 5 heteroatoms. The van der Waals surface area contributed by atoms with Gasteiger partial charge in [0.25, 0.3) is 11.8 Å². The second kappa shape index (κ2) is 3.66. The Morgan fingerprint density at radius 2 is 2.00 bits per heavy atom. The highest BCUT2D eigenvalue weighted by Crippen LogP contribution is 1.98. The summed E-state index contributed by atoms with van der Waals surface area (Å²) < 4.78 is 0. The molecule has 0 spiro atoms. The highest BCUT2D eigenvalue weighted by molar-refractivity contribution is 5.95. The van der Waals surface area contributed by atoms with E-state index >= 15 is 0 Å². The van der Waals surface area contributed by atoms with Gasteiger partial charge in [-0.15, -0.1) is 0 Å². The quantitative estimate of drug-likeness (QED) is 0.644. The summed E-state index contributed by atoms with van der Waals surface area (Å²) in [5, 5.41) is 2.39. The molecule has 68 valence electrons. The smallest absolute Gasteiger partial charge is 0.269 e. The third-order valence-electron chi connectivity index (χ3n) is 1.46. The van der Waals surface area contributed by atoms with Gasteiger partial charge in [-0.25, -0.2) is 4.98 Å². The van der Waals surface area contributed by atoms with E-state index in [1.807, 2.05) is 0 Å². The van der Waals surface area contributed by atoms with Crippen molar-refractivity contribution in [3.05, 3.63) is 29.6 Å². The molecule has 2 amide bonds. The van der Waals surface area contributed by atoms with Crippen molar-refractivity contribution in [3.8, 4) is 0 Å². The van der Waals surface area contributed by atoms with Crippen molar-refractivity contribution < 1.29 is 9.59 Å². The molecule has 0 atom stereocenters. The third-order valence-corrected chi connectivity index (χ3v) is 1.46. The van der Waals surface area contributed by atoms with Gasteiger partial charge in [-0.3, -0.25) is 9.59 Å². The Bertz CT molecular complexity index is 349. The lowest BCUT2D eigenvalue weighted by Gasteiger charge is -1.99. The van der Waals surface area contributed by atoms with E-state index in [2.05, 4.69) is 10.3 Å². The number of carbonyl (C=O) groups is 2. The predicted octanol–water partition coefficient (Wildman–Crippen LogP) is -0.460. The fraction of sp³-hybridized carbons (Fsp3) is 0.125. The van der Waals surface area contributed by atoms with E-state index in [1.54, 1.807) is 6.07 Å². The van der Waals surface area contributed by atoms with Crippen LogP contribution in [0.1, 0.15) is 21.0 Å². The third kappa shape index (κ3) is 2.02. The van der Waals surface area contributed by atoms with E-state index in [9.17, 15) is 9.59 Å². The van der Waals surface area contributed by atoms with Crippen LogP contribution in [0, 0.1) is 0 Å². The fourth-order valence-corrected chi connectivity index (χ4v) is 0.826. The molecule has 0 aromatic carbocycles. The molecule has 0 saturated heterocycles. The van der Waals surface area contributed by atoms with E-state index in [-0.39, 0.29) is 17.3 Å². The van der Waals surface area contributed by atoms with Crippen LogP contribution in [-0.4, -0.2) is 23.8 Å². The Balaban J connectivity index is 3.05. The summed E-state index contributed by atoms with van der Waals surface area (Å²) in [5.41, 5.74) is 5.25. The van der Waals surface area contributed by atoms with Crippen molar-refractivity contribution in [2.24, 2.45) is 5.73 Å². The maximum Gasteiger partial charge on any atom is 0.269 e. The van der Waals surface area contributed by atoms with Crippen LogP contribution >= 0.6 is 0 Å². The van der Waals surface area contributed by atoms with Crippen molar-refractivity contribution >= 4 is 11.8 Å². The lowest BCUT2D eigenvalue weighted by atomic mass is 10.3. The molecule has 0 fully saturated rings. The summed E-state index contributed by atoms with van der Waals surface area (Å²) in [6.45, 7) is 0. The van der Waals surface area contributed by atoms with E-state index in [0.29, 0.717) is 0 Å². The molecule has 0 aliphatic heterocycles. The monoisotopic (exact) mass is 179 g/mol. The molecular formula is C8H9N3O2. The molecule has 5 nitrogen and oxygen atoms in total. The predicted molar refractivity (Wildman–Crippen MR) is 46.1 cm³/mol. The molecule has 0 aliphatic carbocycles. The van der Waals surface area contributed by atoms with E-state index in [1.165, 1.54) is 19.2 Å². The number of nitrogens with two attached hydrogens (primary N) is 1. The zero-order valence-electron chi connectivity index (χ0n) is 7.07. The van der Waals surface area contributed by atoms with Gasteiger partial charge in [-0.05, 0) is 12.1 Å². The number of nitrogens with one attached hydrogen (secondary N) is 1. The average Bonchev–Trinajstić information content (AvgIpc) is 2.17. The summed E-state index contributed by atoms with van der Waals surface area (Å²) in [5.74, 6) is -0.992. The fourth-order valence-electron chi connectivity index (χ4n) is 0.826. The first kappa shape index (κ1) is 9.18. The van der Waals surface area contributed by atoms with Gasteiger partial charge in [0.2, 0.25) is 0 Å². The molecule has 0 bridgehead atoms. The van der Waals surface area contributed by atoms with Crippen LogP contribution < -0.4 is 11.1 Å². The number of hydrogen-bond acceptors (Lipinski definition) is 3. The zero-order chi connectivity index (χ0) is 9.84. The van der Waals surface area contributed by atoms with Gasteiger partial charge in [0.15, 0.2) is 0 Å². The molecule has 3 N–H and O–H groups in total. The van der Waals surface area contributed by atoms with Gasteiger partial charge in [0, 0.05) is 7.05 Å². The second-order valence-electron chi connectivity index (χ2n) is 2.35. The highest BCUT2D eigenvalue weighted by atomic mass is 16.2. The van der Waals surface area contributed by atoms with Crippen LogP contribution in [0.5, 0.6) is 0 Å². The van der Waals surface area contributed by atoms with Crippen LogP contribution in [0.25, 0.3) is 0 Å². The molecule has 0 aliphatic rings. The minimum atomic E-state index is -0.647. The lowest BCUT2D eigenvalue weighted by Crippen LogP contribution is -2.21. The van der Waals surface area contributed by atoms with E-state index in [0.717, 1.165) is 0 Å². The largest absolute Gasteiger partial charge is 0.364 e. The molecule has 1 aromatic heterocycles. The first-order valence-electron chi connectivity index (χ1n) is 3.64. The molecule has 0 unspecified atom stereocenters. The average molecular weight is 179 g/mol. The lowest BCUT2D eigenvalue weighted by molar-refractivity contribution is 0.0958. The van der Waals surface area contributed by atoms with Crippen LogP contribution in [-0.2, 0) is 0 Å². The summed E-state index contributed by atoms with van der Waals surface area (Å²) >= 11 is 0. The standard InChI is InChI=1S/C8H9N3O2/c1-10-8(13)6-4-2-3-5(11-6)7(9)12/h2-4H,1H3,(H2,9,12)(H,10,13). The first-order chi connectivity index (χ1) is 6.15. The number of primary amides is 1. The Kier molecular flexibility index (Phi) is 2.59.